The van der Waals surface area contributed by atoms with Crippen LogP contribution in [-0.2, 0) is 6.42 Å². The summed E-state index contributed by atoms with van der Waals surface area (Å²) in [6.45, 7) is 7.30. The minimum atomic E-state index is 0.276. The summed E-state index contributed by atoms with van der Waals surface area (Å²) in [4.78, 5) is 0. The molecule has 0 saturated heterocycles. The van der Waals surface area contributed by atoms with Crippen molar-refractivity contribution in [1.82, 2.24) is 10.6 Å². The molecule has 0 fully saturated rings. The van der Waals surface area contributed by atoms with Crippen molar-refractivity contribution in [3.8, 4) is 0 Å². The molecule has 1 rings (SSSR count). The molecule has 1 unspecified atom stereocenters. The molecule has 3 nitrogen and oxygen atoms in total. The maximum absolute atomic E-state index is 5.28. The molecule has 0 radical (unpaired) electrons. The molecular weight excluding hydrogens is 220 g/mol. The second kappa shape index (κ2) is 6.53. The molecule has 0 spiro atoms. The fourth-order valence-electron chi connectivity index (χ4n) is 1.35. The van der Waals surface area contributed by atoms with Crippen LogP contribution in [0.2, 0.25) is 0 Å². The zero-order valence-electron chi connectivity index (χ0n) is 10.1. The van der Waals surface area contributed by atoms with Crippen LogP contribution in [0.15, 0.2) is 22.8 Å². The van der Waals surface area contributed by atoms with Gasteiger partial charge in [-0.2, -0.15) is 0 Å². The number of hydrogen-bond donors (Lipinski definition) is 2. The van der Waals surface area contributed by atoms with Crippen LogP contribution in [0.5, 0.6) is 0 Å². The van der Waals surface area contributed by atoms with Crippen molar-refractivity contribution in [2.45, 2.75) is 33.2 Å². The van der Waals surface area contributed by atoms with Gasteiger partial charge in [0.2, 0.25) is 0 Å². The summed E-state index contributed by atoms with van der Waals surface area (Å²) in [5.74, 6) is 1.58. The molecule has 1 heterocycles. The van der Waals surface area contributed by atoms with Crippen LogP contribution in [0.3, 0.4) is 0 Å². The molecule has 2 N–H and O–H groups in total. The summed E-state index contributed by atoms with van der Waals surface area (Å²) < 4.78 is 5.28. The second-order valence-electron chi connectivity index (χ2n) is 4.43. The Morgan fingerprint density at radius 2 is 2.19 bits per heavy atom. The van der Waals surface area contributed by atoms with Gasteiger partial charge in [-0.15, -0.1) is 0 Å². The Bertz CT molecular complexity index is 309. The fourth-order valence-corrected chi connectivity index (χ4v) is 1.64. The zero-order chi connectivity index (χ0) is 12.0. The van der Waals surface area contributed by atoms with Gasteiger partial charge in [-0.25, -0.2) is 0 Å². The monoisotopic (exact) mass is 240 g/mol. The van der Waals surface area contributed by atoms with E-state index in [0.29, 0.717) is 11.0 Å². The van der Waals surface area contributed by atoms with E-state index in [2.05, 4.69) is 31.4 Å². The minimum absolute atomic E-state index is 0.276. The topological polar surface area (TPSA) is 37.2 Å². The number of hydrogen-bond acceptors (Lipinski definition) is 2. The van der Waals surface area contributed by atoms with E-state index >= 15 is 0 Å². The molecule has 4 heteroatoms. The van der Waals surface area contributed by atoms with Crippen molar-refractivity contribution < 1.29 is 4.42 Å². The van der Waals surface area contributed by atoms with Gasteiger partial charge in [-0.1, -0.05) is 13.8 Å². The molecule has 16 heavy (non-hydrogen) atoms. The molecule has 90 valence electrons. The SMILES string of the molecule is CC(C)CNC(=S)NC(C)Cc1ccco1. The fraction of sp³-hybridized carbons (Fsp3) is 0.583. The van der Waals surface area contributed by atoms with Crippen molar-refractivity contribution in [3.05, 3.63) is 24.2 Å². The highest BCUT2D eigenvalue weighted by molar-refractivity contribution is 7.80. The molecule has 0 aliphatic carbocycles. The highest BCUT2D eigenvalue weighted by Gasteiger charge is 2.07. The first-order valence-electron chi connectivity index (χ1n) is 5.64. The van der Waals surface area contributed by atoms with E-state index in [4.69, 9.17) is 16.6 Å². The molecule has 0 aromatic carbocycles. The molecule has 1 aromatic heterocycles. The third-order valence-corrected chi connectivity index (χ3v) is 2.40. The minimum Gasteiger partial charge on any atom is -0.469 e. The number of furan rings is 1. The molecule has 0 aliphatic rings. The average Bonchev–Trinajstić information content (AvgIpc) is 2.67. The van der Waals surface area contributed by atoms with Crippen molar-refractivity contribution in [3.63, 3.8) is 0 Å². The quantitative estimate of drug-likeness (QED) is 0.775. The van der Waals surface area contributed by atoms with Gasteiger partial charge < -0.3 is 15.1 Å². The van der Waals surface area contributed by atoms with Gasteiger partial charge in [0.25, 0.3) is 0 Å². The largest absolute Gasteiger partial charge is 0.469 e. The Morgan fingerprint density at radius 3 is 2.75 bits per heavy atom. The van der Waals surface area contributed by atoms with Gasteiger partial charge in [-0.05, 0) is 37.2 Å². The van der Waals surface area contributed by atoms with E-state index in [1.807, 2.05) is 12.1 Å². The number of thiocarbonyl (C=S) groups is 1. The molecular formula is C12H20N2OS. The van der Waals surface area contributed by atoms with E-state index in [0.717, 1.165) is 18.7 Å². The predicted molar refractivity (Wildman–Crippen MR) is 70.4 cm³/mol. The van der Waals surface area contributed by atoms with Crippen LogP contribution in [0, 0.1) is 5.92 Å². The van der Waals surface area contributed by atoms with Gasteiger partial charge >= 0.3 is 0 Å². The highest BCUT2D eigenvalue weighted by Crippen LogP contribution is 2.03. The Morgan fingerprint density at radius 1 is 1.44 bits per heavy atom. The third-order valence-electron chi connectivity index (χ3n) is 2.14. The van der Waals surface area contributed by atoms with Crippen molar-refractivity contribution in [1.29, 1.82) is 0 Å². The zero-order valence-corrected chi connectivity index (χ0v) is 10.9. The van der Waals surface area contributed by atoms with Crippen LogP contribution < -0.4 is 10.6 Å². The predicted octanol–water partition coefficient (Wildman–Crippen LogP) is 2.33. The lowest BCUT2D eigenvalue weighted by molar-refractivity contribution is 0.480. The lowest BCUT2D eigenvalue weighted by Crippen LogP contribution is -2.42. The lowest BCUT2D eigenvalue weighted by Gasteiger charge is -2.16. The van der Waals surface area contributed by atoms with Gasteiger partial charge in [0.05, 0.1) is 6.26 Å². The van der Waals surface area contributed by atoms with Crippen LogP contribution in [-0.4, -0.2) is 17.7 Å². The average molecular weight is 240 g/mol. The van der Waals surface area contributed by atoms with Crippen LogP contribution in [0.25, 0.3) is 0 Å². The summed E-state index contributed by atoms with van der Waals surface area (Å²) in [5.41, 5.74) is 0. The normalized spacial score (nSPS) is 12.5. The van der Waals surface area contributed by atoms with Crippen molar-refractivity contribution in [2.24, 2.45) is 5.92 Å². The van der Waals surface area contributed by atoms with Gasteiger partial charge in [-0.3, -0.25) is 0 Å². The van der Waals surface area contributed by atoms with Gasteiger partial charge in [0, 0.05) is 19.0 Å². The van der Waals surface area contributed by atoms with Crippen LogP contribution in [0.4, 0.5) is 0 Å². The van der Waals surface area contributed by atoms with Crippen molar-refractivity contribution in [2.75, 3.05) is 6.54 Å². The lowest BCUT2D eigenvalue weighted by atomic mass is 10.2. The molecule has 0 bridgehead atoms. The summed E-state index contributed by atoms with van der Waals surface area (Å²) in [5, 5.41) is 7.13. The van der Waals surface area contributed by atoms with Crippen molar-refractivity contribution >= 4 is 17.3 Å². The second-order valence-corrected chi connectivity index (χ2v) is 4.84. The van der Waals surface area contributed by atoms with E-state index in [9.17, 15) is 0 Å². The standard InChI is InChI=1S/C12H20N2OS/c1-9(2)8-13-12(16)14-10(3)7-11-5-4-6-15-11/h4-6,9-10H,7-8H2,1-3H3,(H2,13,14,16). The Labute approximate surface area is 103 Å². The summed E-state index contributed by atoms with van der Waals surface area (Å²) >= 11 is 5.19. The maximum atomic E-state index is 5.28. The summed E-state index contributed by atoms with van der Waals surface area (Å²) in [6.07, 6.45) is 2.54. The smallest absolute Gasteiger partial charge is 0.166 e. The van der Waals surface area contributed by atoms with Crippen LogP contribution in [0.1, 0.15) is 26.5 Å². The van der Waals surface area contributed by atoms with E-state index in [1.54, 1.807) is 6.26 Å². The summed E-state index contributed by atoms with van der Waals surface area (Å²) in [7, 11) is 0. The third kappa shape index (κ3) is 5.16. The van der Waals surface area contributed by atoms with Gasteiger partial charge in [0.1, 0.15) is 5.76 Å². The molecule has 0 saturated carbocycles. The summed E-state index contributed by atoms with van der Waals surface area (Å²) in [6, 6.07) is 4.15. The van der Waals surface area contributed by atoms with E-state index in [1.165, 1.54) is 0 Å². The Hall–Kier alpha value is -1.03. The molecule has 1 aromatic rings. The molecule has 0 amide bonds. The van der Waals surface area contributed by atoms with Crippen LogP contribution >= 0.6 is 12.2 Å². The molecule has 1 atom stereocenters. The number of rotatable bonds is 5. The maximum Gasteiger partial charge on any atom is 0.166 e. The first kappa shape index (κ1) is 13.0. The Balaban J connectivity index is 2.23. The number of nitrogens with one attached hydrogen (secondary N) is 2. The highest BCUT2D eigenvalue weighted by atomic mass is 32.1. The van der Waals surface area contributed by atoms with E-state index < -0.39 is 0 Å². The first-order valence-corrected chi connectivity index (χ1v) is 6.05. The Kier molecular flexibility index (Phi) is 5.32. The van der Waals surface area contributed by atoms with E-state index in [-0.39, 0.29) is 6.04 Å². The first-order chi connectivity index (χ1) is 7.58. The van der Waals surface area contributed by atoms with Gasteiger partial charge in [0.15, 0.2) is 5.11 Å². The molecule has 0 aliphatic heterocycles.